The Balaban J connectivity index is 1.57. The van der Waals surface area contributed by atoms with Crippen LogP contribution in [0.15, 0.2) is 36.4 Å². The second-order valence-electron chi connectivity index (χ2n) is 5.42. The second kappa shape index (κ2) is 6.70. The number of hydrazine groups is 1. The number of carbonyl (C=O) groups excluding carboxylic acids is 1. The summed E-state index contributed by atoms with van der Waals surface area (Å²) in [4.78, 5) is 16.4. The van der Waals surface area contributed by atoms with Crippen molar-refractivity contribution >= 4 is 34.1 Å². The fourth-order valence-corrected chi connectivity index (χ4v) is 2.88. The van der Waals surface area contributed by atoms with E-state index in [4.69, 9.17) is 12.2 Å². The first-order chi connectivity index (χ1) is 10.7. The van der Waals surface area contributed by atoms with Gasteiger partial charge in [-0.1, -0.05) is 37.1 Å². The minimum atomic E-state index is -0.304. The number of pyridine rings is 1. The van der Waals surface area contributed by atoms with E-state index in [0.29, 0.717) is 16.8 Å². The Morgan fingerprint density at radius 3 is 2.68 bits per heavy atom. The van der Waals surface area contributed by atoms with Crippen molar-refractivity contribution in [2.75, 3.05) is 0 Å². The van der Waals surface area contributed by atoms with Crippen LogP contribution < -0.4 is 16.2 Å². The molecule has 6 heteroatoms. The molecule has 1 aliphatic carbocycles. The fourth-order valence-electron chi connectivity index (χ4n) is 2.66. The summed E-state index contributed by atoms with van der Waals surface area (Å²) in [5.41, 5.74) is 6.47. The molecule has 1 aromatic heterocycles. The van der Waals surface area contributed by atoms with E-state index in [-0.39, 0.29) is 5.91 Å². The van der Waals surface area contributed by atoms with E-state index in [2.05, 4.69) is 21.2 Å². The SMILES string of the molecule is O=C(NNC(=S)NC1CCCC1)c1ccc2ccccc2n1. The summed E-state index contributed by atoms with van der Waals surface area (Å²) < 4.78 is 0. The molecule has 1 heterocycles. The maximum absolute atomic E-state index is 12.1. The lowest BCUT2D eigenvalue weighted by molar-refractivity contribution is 0.0939. The number of carbonyl (C=O) groups is 1. The molecule has 1 fully saturated rings. The number of aromatic nitrogens is 1. The van der Waals surface area contributed by atoms with Crippen LogP contribution in [0.3, 0.4) is 0 Å². The zero-order valence-corrected chi connectivity index (χ0v) is 13.0. The third-order valence-corrected chi connectivity index (χ3v) is 4.03. The number of amides is 1. The molecule has 114 valence electrons. The van der Waals surface area contributed by atoms with Crippen molar-refractivity contribution in [3.05, 3.63) is 42.1 Å². The molecule has 3 N–H and O–H groups in total. The molecule has 0 aliphatic heterocycles. The Hall–Kier alpha value is -2.21. The standard InChI is InChI=1S/C16H18N4OS/c21-15(19-20-16(22)17-12-6-2-3-7-12)14-10-9-11-5-1-4-8-13(11)18-14/h1,4-5,8-10,12H,2-3,6-7H2,(H,19,21)(H2,17,20,22). The van der Waals surface area contributed by atoms with E-state index in [1.54, 1.807) is 6.07 Å². The Bertz CT molecular complexity index is 697. The van der Waals surface area contributed by atoms with Crippen LogP contribution in [0.1, 0.15) is 36.2 Å². The van der Waals surface area contributed by atoms with Gasteiger partial charge in [0.05, 0.1) is 5.52 Å². The normalized spacial score (nSPS) is 14.7. The molecule has 1 aromatic carbocycles. The minimum absolute atomic E-state index is 0.304. The molecule has 5 nitrogen and oxygen atoms in total. The highest BCUT2D eigenvalue weighted by molar-refractivity contribution is 7.80. The summed E-state index contributed by atoms with van der Waals surface area (Å²) in [7, 11) is 0. The van der Waals surface area contributed by atoms with E-state index in [0.717, 1.165) is 23.7 Å². The van der Waals surface area contributed by atoms with Crippen LogP contribution in [-0.2, 0) is 0 Å². The predicted molar refractivity (Wildman–Crippen MR) is 90.3 cm³/mol. The molecule has 1 saturated carbocycles. The molecule has 0 saturated heterocycles. The smallest absolute Gasteiger partial charge is 0.288 e. The molecule has 0 bridgehead atoms. The lowest BCUT2D eigenvalue weighted by Gasteiger charge is -2.16. The predicted octanol–water partition coefficient (Wildman–Crippen LogP) is 2.29. The highest BCUT2D eigenvalue weighted by Crippen LogP contribution is 2.17. The van der Waals surface area contributed by atoms with Gasteiger partial charge in [0.1, 0.15) is 5.69 Å². The lowest BCUT2D eigenvalue weighted by atomic mass is 10.2. The van der Waals surface area contributed by atoms with Gasteiger partial charge in [-0.2, -0.15) is 0 Å². The van der Waals surface area contributed by atoms with Crippen LogP contribution in [0, 0.1) is 0 Å². The van der Waals surface area contributed by atoms with E-state index >= 15 is 0 Å². The number of rotatable bonds is 2. The number of benzene rings is 1. The van der Waals surface area contributed by atoms with Gasteiger partial charge in [-0.3, -0.25) is 15.6 Å². The molecule has 1 amide bonds. The van der Waals surface area contributed by atoms with Crippen molar-refractivity contribution in [1.29, 1.82) is 0 Å². The van der Waals surface area contributed by atoms with Crippen molar-refractivity contribution < 1.29 is 4.79 Å². The summed E-state index contributed by atoms with van der Waals surface area (Å²) in [6.07, 6.45) is 4.71. The maximum Gasteiger partial charge on any atom is 0.288 e. The third-order valence-electron chi connectivity index (χ3n) is 3.81. The van der Waals surface area contributed by atoms with Crippen molar-refractivity contribution in [1.82, 2.24) is 21.2 Å². The molecule has 2 aromatic rings. The zero-order chi connectivity index (χ0) is 15.4. The first-order valence-electron chi connectivity index (χ1n) is 7.45. The van der Waals surface area contributed by atoms with Crippen LogP contribution >= 0.6 is 12.2 Å². The van der Waals surface area contributed by atoms with Gasteiger partial charge in [0, 0.05) is 11.4 Å². The molecule has 0 radical (unpaired) electrons. The Labute approximate surface area is 134 Å². The van der Waals surface area contributed by atoms with Crippen molar-refractivity contribution in [3.8, 4) is 0 Å². The largest absolute Gasteiger partial charge is 0.359 e. The van der Waals surface area contributed by atoms with Gasteiger partial charge >= 0.3 is 0 Å². The number of nitrogens with zero attached hydrogens (tertiary/aromatic N) is 1. The first kappa shape index (κ1) is 14.7. The topological polar surface area (TPSA) is 66.1 Å². The summed E-state index contributed by atoms with van der Waals surface area (Å²) >= 11 is 5.18. The van der Waals surface area contributed by atoms with Crippen molar-refractivity contribution in [3.63, 3.8) is 0 Å². The molecular weight excluding hydrogens is 296 g/mol. The van der Waals surface area contributed by atoms with Gasteiger partial charge in [-0.15, -0.1) is 0 Å². The molecule has 0 atom stereocenters. The highest BCUT2D eigenvalue weighted by Gasteiger charge is 2.15. The van der Waals surface area contributed by atoms with E-state index in [9.17, 15) is 4.79 Å². The summed E-state index contributed by atoms with van der Waals surface area (Å²) in [6.45, 7) is 0. The molecule has 1 aliphatic rings. The third kappa shape index (κ3) is 3.51. The summed E-state index contributed by atoms with van der Waals surface area (Å²) in [5, 5.41) is 4.65. The number of fused-ring (bicyclic) bond motifs is 1. The Kier molecular flexibility index (Phi) is 4.48. The second-order valence-corrected chi connectivity index (χ2v) is 5.83. The number of hydrogen-bond donors (Lipinski definition) is 3. The lowest BCUT2D eigenvalue weighted by Crippen LogP contribution is -2.49. The molecule has 3 rings (SSSR count). The summed E-state index contributed by atoms with van der Waals surface area (Å²) in [5.74, 6) is -0.304. The molecule has 0 spiro atoms. The molecular formula is C16H18N4OS. The van der Waals surface area contributed by atoms with E-state index in [1.165, 1.54) is 12.8 Å². The van der Waals surface area contributed by atoms with Gasteiger partial charge < -0.3 is 5.32 Å². The minimum Gasteiger partial charge on any atom is -0.359 e. The van der Waals surface area contributed by atoms with Crippen molar-refractivity contribution in [2.24, 2.45) is 0 Å². The van der Waals surface area contributed by atoms with Gasteiger partial charge in [-0.25, -0.2) is 4.98 Å². The van der Waals surface area contributed by atoms with E-state index < -0.39 is 0 Å². The monoisotopic (exact) mass is 314 g/mol. The van der Waals surface area contributed by atoms with Crippen LogP contribution in [-0.4, -0.2) is 22.0 Å². The van der Waals surface area contributed by atoms with Gasteiger partial charge in [0.2, 0.25) is 0 Å². The highest BCUT2D eigenvalue weighted by atomic mass is 32.1. The number of thiocarbonyl (C=S) groups is 1. The van der Waals surface area contributed by atoms with Crippen LogP contribution in [0.25, 0.3) is 10.9 Å². The average Bonchev–Trinajstić information content (AvgIpc) is 3.05. The van der Waals surface area contributed by atoms with Crippen LogP contribution in [0.5, 0.6) is 0 Å². The Morgan fingerprint density at radius 1 is 1.09 bits per heavy atom. The van der Waals surface area contributed by atoms with Crippen LogP contribution in [0.2, 0.25) is 0 Å². The van der Waals surface area contributed by atoms with Gasteiger partial charge in [0.25, 0.3) is 5.91 Å². The van der Waals surface area contributed by atoms with Crippen LogP contribution in [0.4, 0.5) is 0 Å². The Morgan fingerprint density at radius 2 is 1.86 bits per heavy atom. The molecule has 0 unspecified atom stereocenters. The molecule has 22 heavy (non-hydrogen) atoms. The van der Waals surface area contributed by atoms with E-state index in [1.807, 2.05) is 30.3 Å². The maximum atomic E-state index is 12.1. The number of hydrogen-bond acceptors (Lipinski definition) is 3. The van der Waals surface area contributed by atoms with Gasteiger partial charge in [0.15, 0.2) is 5.11 Å². The number of nitrogens with one attached hydrogen (secondary N) is 3. The average molecular weight is 314 g/mol. The fraction of sp³-hybridized carbons (Fsp3) is 0.312. The summed E-state index contributed by atoms with van der Waals surface area (Å²) in [6, 6.07) is 11.7. The number of para-hydroxylation sites is 1. The quantitative estimate of drug-likeness (QED) is 0.586. The van der Waals surface area contributed by atoms with Gasteiger partial charge in [-0.05, 0) is 37.2 Å². The first-order valence-corrected chi connectivity index (χ1v) is 7.86. The zero-order valence-electron chi connectivity index (χ0n) is 12.1. The van der Waals surface area contributed by atoms with Crippen molar-refractivity contribution in [2.45, 2.75) is 31.7 Å².